The van der Waals surface area contributed by atoms with Crippen molar-refractivity contribution < 1.29 is 10.0 Å². The third-order valence-corrected chi connectivity index (χ3v) is 2.65. The van der Waals surface area contributed by atoms with Crippen LogP contribution in [-0.4, -0.2) is 21.8 Å². The third kappa shape index (κ3) is 3.16. The summed E-state index contributed by atoms with van der Waals surface area (Å²) in [6.45, 7) is 1.70. The topological polar surface area (TPSA) is 74.6 Å². The van der Waals surface area contributed by atoms with Gasteiger partial charge in [-0.05, 0) is 36.8 Å². The molecule has 0 aliphatic heterocycles. The summed E-state index contributed by atoms with van der Waals surface area (Å²) in [5.41, 5.74) is 2.54. The number of pyridine rings is 1. The van der Waals surface area contributed by atoms with Gasteiger partial charge in [-0.15, -0.1) is 0 Å². The number of aromatic nitrogens is 1. The summed E-state index contributed by atoms with van der Waals surface area (Å²) in [6.07, 6.45) is 3.14. The van der Waals surface area contributed by atoms with E-state index in [9.17, 15) is 4.79 Å². The molecule has 2 rings (SSSR count). The van der Waals surface area contributed by atoms with Gasteiger partial charge >= 0.3 is 0 Å². The number of carbonyl (C=O) groups excluding carboxylic acids is 1. The van der Waals surface area contributed by atoms with E-state index in [1.54, 1.807) is 55.7 Å². The molecule has 5 nitrogen and oxygen atoms in total. The maximum atomic E-state index is 11.9. The first-order chi connectivity index (χ1) is 9.20. The van der Waals surface area contributed by atoms with Gasteiger partial charge in [0, 0.05) is 23.6 Å². The minimum absolute atomic E-state index is 0.192. The molecule has 2 N–H and O–H groups in total. The van der Waals surface area contributed by atoms with Crippen molar-refractivity contribution in [1.82, 2.24) is 4.98 Å². The van der Waals surface area contributed by atoms with E-state index in [0.29, 0.717) is 17.0 Å². The van der Waals surface area contributed by atoms with Gasteiger partial charge in [-0.2, -0.15) is 0 Å². The number of rotatable bonds is 3. The number of nitrogens with zero attached hydrogens (tertiary/aromatic N) is 2. The maximum Gasteiger partial charge on any atom is 0.255 e. The van der Waals surface area contributed by atoms with Crippen molar-refractivity contribution in [3.8, 4) is 0 Å². The molecule has 0 aliphatic rings. The van der Waals surface area contributed by atoms with Crippen molar-refractivity contribution in [3.05, 3.63) is 59.9 Å². The average molecular weight is 255 g/mol. The van der Waals surface area contributed by atoms with Gasteiger partial charge in [0.1, 0.15) is 0 Å². The van der Waals surface area contributed by atoms with Crippen LogP contribution in [0, 0.1) is 0 Å². The SMILES string of the molecule is C/C(=N\O)c1ccc(NC(=O)c2ccncc2)cc1. The van der Waals surface area contributed by atoms with Gasteiger partial charge in [0.05, 0.1) is 5.71 Å². The molecule has 0 fully saturated rings. The van der Waals surface area contributed by atoms with Crippen LogP contribution < -0.4 is 5.32 Å². The van der Waals surface area contributed by atoms with Gasteiger partial charge in [-0.3, -0.25) is 9.78 Å². The molecule has 0 radical (unpaired) electrons. The smallest absolute Gasteiger partial charge is 0.255 e. The standard InChI is InChI=1S/C14H13N3O2/c1-10(17-19)11-2-4-13(5-3-11)16-14(18)12-6-8-15-9-7-12/h2-9,19H,1H3,(H,16,18)/b17-10+. The lowest BCUT2D eigenvalue weighted by atomic mass is 10.1. The molecular formula is C14H13N3O2. The Balaban J connectivity index is 2.10. The van der Waals surface area contributed by atoms with Crippen LogP contribution in [0.3, 0.4) is 0 Å². The molecule has 1 aromatic heterocycles. The Bertz CT molecular complexity index is 592. The minimum Gasteiger partial charge on any atom is -0.411 e. The fourth-order valence-corrected chi connectivity index (χ4v) is 1.56. The summed E-state index contributed by atoms with van der Waals surface area (Å²) < 4.78 is 0. The van der Waals surface area contributed by atoms with E-state index in [2.05, 4.69) is 15.5 Å². The zero-order chi connectivity index (χ0) is 13.7. The number of anilines is 1. The van der Waals surface area contributed by atoms with Crippen LogP contribution in [0.25, 0.3) is 0 Å². The average Bonchev–Trinajstić information content (AvgIpc) is 2.48. The molecule has 0 bridgehead atoms. The Hall–Kier alpha value is -2.69. The van der Waals surface area contributed by atoms with Crippen LogP contribution in [0.15, 0.2) is 53.9 Å². The van der Waals surface area contributed by atoms with Gasteiger partial charge in [-0.25, -0.2) is 0 Å². The van der Waals surface area contributed by atoms with Crippen LogP contribution in [0.4, 0.5) is 5.69 Å². The molecule has 0 aliphatic carbocycles. The van der Waals surface area contributed by atoms with Crippen LogP contribution in [0.1, 0.15) is 22.8 Å². The number of carbonyl (C=O) groups is 1. The summed E-state index contributed by atoms with van der Waals surface area (Å²) >= 11 is 0. The van der Waals surface area contributed by atoms with Crippen molar-refractivity contribution in [2.24, 2.45) is 5.16 Å². The van der Waals surface area contributed by atoms with Crippen molar-refractivity contribution in [1.29, 1.82) is 0 Å². The highest BCUT2D eigenvalue weighted by Crippen LogP contribution is 2.11. The zero-order valence-corrected chi connectivity index (χ0v) is 10.4. The molecule has 0 saturated heterocycles. The predicted octanol–water partition coefficient (Wildman–Crippen LogP) is 2.53. The van der Waals surface area contributed by atoms with Crippen LogP contribution in [0.2, 0.25) is 0 Å². The fourth-order valence-electron chi connectivity index (χ4n) is 1.56. The van der Waals surface area contributed by atoms with Gasteiger partial charge in [0.25, 0.3) is 5.91 Å². The van der Waals surface area contributed by atoms with Gasteiger partial charge in [0.2, 0.25) is 0 Å². The van der Waals surface area contributed by atoms with E-state index in [1.165, 1.54) is 0 Å². The number of nitrogens with one attached hydrogen (secondary N) is 1. The second kappa shape index (κ2) is 5.77. The summed E-state index contributed by atoms with van der Waals surface area (Å²) in [7, 11) is 0. The highest BCUT2D eigenvalue weighted by atomic mass is 16.4. The lowest BCUT2D eigenvalue weighted by Crippen LogP contribution is -2.11. The molecule has 2 aromatic rings. The summed E-state index contributed by atoms with van der Waals surface area (Å²) in [4.78, 5) is 15.7. The van der Waals surface area contributed by atoms with Gasteiger partial charge in [-0.1, -0.05) is 17.3 Å². The Morgan fingerprint density at radius 2 is 1.74 bits per heavy atom. The van der Waals surface area contributed by atoms with Gasteiger partial charge in [0.15, 0.2) is 0 Å². The van der Waals surface area contributed by atoms with Crippen molar-refractivity contribution >= 4 is 17.3 Å². The Kier molecular flexibility index (Phi) is 3.87. The van der Waals surface area contributed by atoms with Crippen LogP contribution in [0.5, 0.6) is 0 Å². The summed E-state index contributed by atoms with van der Waals surface area (Å²) in [5, 5.41) is 14.6. The normalized spacial score (nSPS) is 11.1. The molecule has 1 amide bonds. The van der Waals surface area contributed by atoms with Gasteiger partial charge < -0.3 is 10.5 Å². The Labute approximate surface area is 110 Å². The number of hydrogen-bond donors (Lipinski definition) is 2. The number of oxime groups is 1. The van der Waals surface area contributed by atoms with Crippen LogP contribution in [-0.2, 0) is 0 Å². The molecule has 0 atom stereocenters. The Morgan fingerprint density at radius 1 is 1.11 bits per heavy atom. The number of hydrogen-bond acceptors (Lipinski definition) is 4. The molecule has 1 heterocycles. The lowest BCUT2D eigenvalue weighted by Gasteiger charge is -2.06. The molecule has 19 heavy (non-hydrogen) atoms. The van der Waals surface area contributed by atoms with E-state index in [0.717, 1.165) is 5.56 Å². The number of amides is 1. The van der Waals surface area contributed by atoms with Crippen molar-refractivity contribution in [2.45, 2.75) is 6.92 Å². The summed E-state index contributed by atoms with van der Waals surface area (Å²) in [6, 6.07) is 10.3. The van der Waals surface area contributed by atoms with Crippen LogP contribution >= 0.6 is 0 Å². The molecular weight excluding hydrogens is 242 g/mol. The second-order valence-corrected chi connectivity index (χ2v) is 3.95. The first-order valence-electron chi connectivity index (χ1n) is 5.71. The second-order valence-electron chi connectivity index (χ2n) is 3.95. The third-order valence-electron chi connectivity index (χ3n) is 2.65. The van der Waals surface area contributed by atoms with E-state index in [4.69, 9.17) is 5.21 Å². The maximum absolute atomic E-state index is 11.9. The monoisotopic (exact) mass is 255 g/mol. The molecule has 0 spiro atoms. The molecule has 5 heteroatoms. The molecule has 0 unspecified atom stereocenters. The first-order valence-corrected chi connectivity index (χ1v) is 5.71. The fraction of sp³-hybridized carbons (Fsp3) is 0.0714. The predicted molar refractivity (Wildman–Crippen MR) is 72.6 cm³/mol. The quantitative estimate of drug-likeness (QED) is 0.502. The highest BCUT2D eigenvalue weighted by molar-refractivity contribution is 6.04. The van der Waals surface area contributed by atoms with E-state index in [1.807, 2.05) is 0 Å². The first kappa shape index (κ1) is 12.8. The lowest BCUT2D eigenvalue weighted by molar-refractivity contribution is 0.102. The van der Waals surface area contributed by atoms with Crippen molar-refractivity contribution in [3.63, 3.8) is 0 Å². The zero-order valence-electron chi connectivity index (χ0n) is 10.4. The van der Waals surface area contributed by atoms with Crippen molar-refractivity contribution in [2.75, 3.05) is 5.32 Å². The van der Waals surface area contributed by atoms with E-state index >= 15 is 0 Å². The number of benzene rings is 1. The minimum atomic E-state index is -0.192. The molecule has 96 valence electrons. The largest absolute Gasteiger partial charge is 0.411 e. The highest BCUT2D eigenvalue weighted by Gasteiger charge is 2.05. The molecule has 0 saturated carbocycles. The van der Waals surface area contributed by atoms with E-state index in [-0.39, 0.29) is 5.91 Å². The summed E-state index contributed by atoms with van der Waals surface area (Å²) in [5.74, 6) is -0.192. The Morgan fingerprint density at radius 3 is 2.32 bits per heavy atom. The van der Waals surface area contributed by atoms with E-state index < -0.39 is 0 Å². The molecule has 1 aromatic carbocycles.